The van der Waals surface area contributed by atoms with E-state index in [0.29, 0.717) is 6.54 Å². The van der Waals surface area contributed by atoms with E-state index < -0.39 is 0 Å². The van der Waals surface area contributed by atoms with Gasteiger partial charge in [-0.2, -0.15) is 0 Å². The van der Waals surface area contributed by atoms with Crippen molar-refractivity contribution in [3.05, 3.63) is 64.5 Å². The zero-order valence-corrected chi connectivity index (χ0v) is 17.8. The topological polar surface area (TPSA) is 62.5 Å². The van der Waals surface area contributed by atoms with E-state index >= 15 is 0 Å². The van der Waals surface area contributed by atoms with Crippen LogP contribution in [0.3, 0.4) is 0 Å². The van der Waals surface area contributed by atoms with Gasteiger partial charge in [-0.3, -0.25) is 0 Å². The fourth-order valence-corrected chi connectivity index (χ4v) is 3.09. The van der Waals surface area contributed by atoms with E-state index in [1.165, 1.54) is 4.88 Å². The van der Waals surface area contributed by atoms with Gasteiger partial charge in [-0.15, -0.1) is 35.3 Å². The molecule has 0 aliphatic rings. The minimum absolute atomic E-state index is 0. The van der Waals surface area contributed by atoms with Gasteiger partial charge in [-0.05, 0) is 24.8 Å². The molecule has 0 spiro atoms. The Morgan fingerprint density at radius 2 is 2.00 bits per heavy atom. The fourth-order valence-electron chi connectivity index (χ4n) is 2.39. The molecule has 2 N–H and O–H groups in total. The van der Waals surface area contributed by atoms with E-state index in [1.807, 2.05) is 36.4 Å². The van der Waals surface area contributed by atoms with Crippen LogP contribution in [0.2, 0.25) is 0 Å². The summed E-state index contributed by atoms with van der Waals surface area (Å²) in [6, 6.07) is 16.1. The van der Waals surface area contributed by atoms with Gasteiger partial charge < -0.3 is 15.2 Å². The van der Waals surface area contributed by atoms with Crippen molar-refractivity contribution in [3.63, 3.8) is 0 Å². The lowest BCUT2D eigenvalue weighted by atomic mass is 10.2. The number of thiophene rings is 1. The largest absolute Gasteiger partial charge is 0.357 e. The Kier molecular flexibility index (Phi) is 8.63. The van der Waals surface area contributed by atoms with Gasteiger partial charge in [0.2, 0.25) is 0 Å². The van der Waals surface area contributed by atoms with Crippen molar-refractivity contribution in [2.45, 2.75) is 19.9 Å². The summed E-state index contributed by atoms with van der Waals surface area (Å²) in [5.41, 5.74) is 1.83. The van der Waals surface area contributed by atoms with Crippen LogP contribution in [-0.4, -0.2) is 24.2 Å². The highest BCUT2D eigenvalue weighted by atomic mass is 127. The van der Waals surface area contributed by atoms with Gasteiger partial charge in [0.15, 0.2) is 11.7 Å². The van der Waals surface area contributed by atoms with Crippen molar-refractivity contribution in [1.82, 2.24) is 15.8 Å². The molecule has 0 bridgehead atoms. The Morgan fingerprint density at radius 3 is 2.73 bits per heavy atom. The molecule has 0 unspecified atom stereocenters. The number of guanidine groups is 1. The Labute approximate surface area is 174 Å². The number of rotatable bonds is 7. The molecule has 0 fully saturated rings. The molecule has 3 rings (SSSR count). The van der Waals surface area contributed by atoms with Crippen LogP contribution >= 0.6 is 35.3 Å². The van der Waals surface area contributed by atoms with Crippen LogP contribution in [0.15, 0.2) is 63.4 Å². The molecular weight excluding hydrogens is 459 g/mol. The van der Waals surface area contributed by atoms with E-state index in [-0.39, 0.29) is 24.0 Å². The molecule has 0 amide bonds. The number of aliphatic imine (C=N–C) groups is 1. The summed E-state index contributed by atoms with van der Waals surface area (Å²) in [5.74, 6) is 1.56. The predicted octanol–water partition coefficient (Wildman–Crippen LogP) is 4.32. The number of aromatic nitrogens is 1. The van der Waals surface area contributed by atoms with Gasteiger partial charge in [0.25, 0.3) is 0 Å². The fraction of sp³-hybridized carbons (Fsp3) is 0.263. The number of benzene rings is 1. The number of hydrogen-bond donors (Lipinski definition) is 2. The van der Waals surface area contributed by atoms with E-state index in [4.69, 9.17) is 4.52 Å². The standard InChI is InChI=1S/C19H22N4OS.HI/c1-2-20-19(21-11-10-17-9-6-12-25-17)22-14-16-13-18(24-23-16)15-7-4-3-5-8-15;/h3-9,12-13H,2,10-11,14H2,1H3,(H2,20,21,22);1H. The first kappa shape index (κ1) is 20.4. The summed E-state index contributed by atoms with van der Waals surface area (Å²) in [7, 11) is 0. The average molecular weight is 482 g/mol. The van der Waals surface area contributed by atoms with E-state index in [9.17, 15) is 0 Å². The van der Waals surface area contributed by atoms with Crippen LogP contribution in [0.25, 0.3) is 11.3 Å². The second-order valence-corrected chi connectivity index (χ2v) is 6.53. The minimum Gasteiger partial charge on any atom is -0.357 e. The van der Waals surface area contributed by atoms with Crippen molar-refractivity contribution >= 4 is 41.3 Å². The summed E-state index contributed by atoms with van der Waals surface area (Å²) in [6.45, 7) is 4.20. The summed E-state index contributed by atoms with van der Waals surface area (Å²) >= 11 is 1.78. The third-order valence-electron chi connectivity index (χ3n) is 3.60. The third kappa shape index (κ3) is 6.14. The summed E-state index contributed by atoms with van der Waals surface area (Å²) in [6.07, 6.45) is 0.990. The number of halogens is 1. The molecule has 26 heavy (non-hydrogen) atoms. The molecule has 0 radical (unpaired) electrons. The maximum Gasteiger partial charge on any atom is 0.191 e. The lowest BCUT2D eigenvalue weighted by Crippen LogP contribution is -2.38. The Morgan fingerprint density at radius 1 is 1.15 bits per heavy atom. The maximum absolute atomic E-state index is 5.41. The lowest BCUT2D eigenvalue weighted by molar-refractivity contribution is 0.424. The molecule has 2 aromatic heterocycles. The van der Waals surface area contributed by atoms with Crippen LogP contribution in [0, 0.1) is 0 Å². The first-order valence-corrected chi connectivity index (χ1v) is 9.28. The highest BCUT2D eigenvalue weighted by Gasteiger charge is 2.06. The molecule has 0 saturated heterocycles. The lowest BCUT2D eigenvalue weighted by Gasteiger charge is -2.10. The molecular formula is C19H23IN4OS. The third-order valence-corrected chi connectivity index (χ3v) is 4.54. The van der Waals surface area contributed by atoms with Crippen molar-refractivity contribution < 1.29 is 4.52 Å². The van der Waals surface area contributed by atoms with E-state index in [0.717, 1.165) is 42.5 Å². The highest BCUT2D eigenvalue weighted by molar-refractivity contribution is 14.0. The summed E-state index contributed by atoms with van der Waals surface area (Å²) in [5, 5.41) is 12.8. The smallest absolute Gasteiger partial charge is 0.191 e. The van der Waals surface area contributed by atoms with Gasteiger partial charge in [0, 0.05) is 29.6 Å². The van der Waals surface area contributed by atoms with Gasteiger partial charge >= 0.3 is 0 Å². The van der Waals surface area contributed by atoms with Crippen molar-refractivity contribution in [2.75, 3.05) is 13.1 Å². The molecule has 1 aromatic carbocycles. The Bertz CT molecular complexity index is 787. The van der Waals surface area contributed by atoms with Gasteiger partial charge in [0.1, 0.15) is 5.69 Å². The number of hydrogen-bond acceptors (Lipinski definition) is 4. The van der Waals surface area contributed by atoms with Crippen molar-refractivity contribution in [3.8, 4) is 11.3 Å². The van der Waals surface area contributed by atoms with Crippen LogP contribution in [0.1, 0.15) is 17.5 Å². The first-order valence-electron chi connectivity index (χ1n) is 8.40. The average Bonchev–Trinajstić information content (AvgIpc) is 3.32. The van der Waals surface area contributed by atoms with Gasteiger partial charge in [0.05, 0.1) is 6.54 Å². The van der Waals surface area contributed by atoms with Crippen molar-refractivity contribution in [1.29, 1.82) is 0 Å². The Balaban J connectivity index is 0.00000243. The molecule has 0 saturated carbocycles. The molecule has 2 heterocycles. The molecule has 0 aliphatic heterocycles. The van der Waals surface area contributed by atoms with Gasteiger partial charge in [-0.1, -0.05) is 41.6 Å². The zero-order chi connectivity index (χ0) is 17.3. The van der Waals surface area contributed by atoms with E-state index in [1.54, 1.807) is 11.3 Å². The Hall–Kier alpha value is -1.87. The number of nitrogens with zero attached hydrogens (tertiary/aromatic N) is 2. The zero-order valence-electron chi connectivity index (χ0n) is 14.6. The second-order valence-electron chi connectivity index (χ2n) is 5.50. The molecule has 3 aromatic rings. The molecule has 138 valence electrons. The van der Waals surface area contributed by atoms with Crippen LogP contribution in [0.4, 0.5) is 0 Å². The van der Waals surface area contributed by atoms with Crippen molar-refractivity contribution in [2.24, 2.45) is 4.99 Å². The van der Waals surface area contributed by atoms with Crippen LogP contribution in [-0.2, 0) is 13.0 Å². The quantitative estimate of drug-likeness (QED) is 0.299. The number of nitrogens with one attached hydrogen (secondary N) is 2. The monoisotopic (exact) mass is 482 g/mol. The first-order chi connectivity index (χ1) is 12.3. The summed E-state index contributed by atoms with van der Waals surface area (Å²) in [4.78, 5) is 5.95. The molecule has 0 atom stereocenters. The summed E-state index contributed by atoms with van der Waals surface area (Å²) < 4.78 is 5.41. The van der Waals surface area contributed by atoms with Crippen LogP contribution < -0.4 is 10.6 Å². The SMILES string of the molecule is CCNC(=NCc1cc(-c2ccccc2)on1)NCCc1cccs1.I. The highest BCUT2D eigenvalue weighted by Crippen LogP contribution is 2.19. The van der Waals surface area contributed by atoms with Crippen LogP contribution in [0.5, 0.6) is 0 Å². The normalized spacial score (nSPS) is 11.0. The second kappa shape index (κ2) is 11.0. The molecule has 0 aliphatic carbocycles. The molecule has 7 heteroatoms. The molecule has 5 nitrogen and oxygen atoms in total. The maximum atomic E-state index is 5.41. The van der Waals surface area contributed by atoms with E-state index in [2.05, 4.69) is 45.2 Å². The predicted molar refractivity (Wildman–Crippen MR) is 118 cm³/mol. The minimum atomic E-state index is 0. The van der Waals surface area contributed by atoms with Gasteiger partial charge in [-0.25, -0.2) is 4.99 Å².